The van der Waals surface area contributed by atoms with E-state index in [2.05, 4.69) is 30.9 Å². The van der Waals surface area contributed by atoms with E-state index in [1.54, 1.807) is 24.9 Å². The van der Waals surface area contributed by atoms with Gasteiger partial charge in [-0.05, 0) is 98.4 Å². The van der Waals surface area contributed by atoms with Crippen LogP contribution in [0.5, 0.6) is 17.2 Å². The lowest BCUT2D eigenvalue weighted by Crippen LogP contribution is -2.69. The fourth-order valence-electron chi connectivity index (χ4n) is 9.51. The Morgan fingerprint density at radius 2 is 1.79 bits per heavy atom. The summed E-state index contributed by atoms with van der Waals surface area (Å²) in [6.07, 6.45) is 9.94. The van der Waals surface area contributed by atoms with E-state index in [9.17, 15) is 25.1 Å². The first-order chi connectivity index (χ1) is 30.8. The maximum Gasteiger partial charge on any atom is 0.415 e. The number of aliphatic hydroxyl groups is 2. The molecular formula is C48H59N3O11S. The number of unbranched alkanes of at least 4 members (excludes halogenated alkanes) is 2. The first-order valence-corrected chi connectivity index (χ1v) is 23.1. The molecule has 0 bridgehead atoms. The van der Waals surface area contributed by atoms with Crippen molar-refractivity contribution >= 4 is 29.3 Å². The first kappa shape index (κ1) is 46.1. The minimum atomic E-state index is -1.48. The van der Waals surface area contributed by atoms with Crippen molar-refractivity contribution in [3.63, 3.8) is 0 Å². The Kier molecular flexibility index (Phi) is 16.2. The molecule has 2 N–H and O–H groups in total. The number of amides is 1. The Bertz CT molecular complexity index is 2060. The van der Waals surface area contributed by atoms with E-state index in [1.807, 2.05) is 30.3 Å². The summed E-state index contributed by atoms with van der Waals surface area (Å²) in [5, 5.41) is 36.1. The summed E-state index contributed by atoms with van der Waals surface area (Å²) < 4.78 is 32.4. The molecule has 2 fully saturated rings. The van der Waals surface area contributed by atoms with Gasteiger partial charge in [0.15, 0.2) is 0 Å². The van der Waals surface area contributed by atoms with Crippen LogP contribution in [-0.4, -0.2) is 95.8 Å². The summed E-state index contributed by atoms with van der Waals surface area (Å²) in [4.78, 5) is 34.0. The third kappa shape index (κ3) is 10.9. The highest BCUT2D eigenvalue weighted by Crippen LogP contribution is 2.62. The first-order valence-electron chi connectivity index (χ1n) is 22.1. The third-order valence-corrected chi connectivity index (χ3v) is 13.4. The number of nitro groups is 1. The van der Waals surface area contributed by atoms with Gasteiger partial charge in [0.05, 0.1) is 36.4 Å². The van der Waals surface area contributed by atoms with Gasteiger partial charge in [0.25, 0.3) is 5.69 Å². The lowest BCUT2D eigenvalue weighted by molar-refractivity contribution is -0.384. The molecule has 2 heterocycles. The quantitative estimate of drug-likeness (QED) is 0.0342. The Balaban J connectivity index is 1.33. The molecule has 0 radical (unpaired) electrons. The molecular weight excluding hydrogens is 827 g/mol. The molecule has 338 valence electrons. The SMILES string of the molecule is C=CCO[C@@]12Oc3ccc(OCCSc4ccccc4)cc3[C@H]3[C@H](CCCCO)[C@@H](CCCCO)C=C(C(=NOC4CCCCO4)C[C@@H]1N(C)C(=O)Oc1ccc([N+](=O)[O-])cc1)[C@H]32. The number of thioether (sulfide) groups is 1. The molecule has 1 amide bonds. The second-order valence-corrected chi connectivity index (χ2v) is 17.6. The fraction of sp³-hybridized carbons (Fsp3) is 0.500. The molecule has 1 saturated heterocycles. The number of benzene rings is 3. The van der Waals surface area contributed by atoms with Crippen LogP contribution < -0.4 is 14.2 Å². The molecule has 3 aromatic rings. The number of rotatable bonds is 21. The molecule has 7 rings (SSSR count). The Labute approximate surface area is 373 Å². The second kappa shape index (κ2) is 22.1. The maximum atomic E-state index is 14.3. The Morgan fingerprint density at radius 1 is 1.03 bits per heavy atom. The number of carbonyl (C=O) groups excluding carboxylic acids is 1. The van der Waals surface area contributed by atoms with Gasteiger partial charge >= 0.3 is 6.09 Å². The maximum absolute atomic E-state index is 14.3. The number of aliphatic hydroxyl groups excluding tert-OH is 2. The third-order valence-electron chi connectivity index (χ3n) is 12.4. The zero-order valence-electron chi connectivity index (χ0n) is 35.9. The van der Waals surface area contributed by atoms with Crippen molar-refractivity contribution < 1.29 is 48.5 Å². The average Bonchev–Trinajstić information content (AvgIpc) is 3.30. The van der Waals surface area contributed by atoms with E-state index >= 15 is 0 Å². The van der Waals surface area contributed by atoms with Gasteiger partial charge in [-0.2, -0.15) is 0 Å². The number of nitrogens with zero attached hydrogens (tertiary/aromatic N) is 3. The number of nitro benzene ring substituents is 1. The van der Waals surface area contributed by atoms with E-state index in [4.69, 9.17) is 33.7 Å². The van der Waals surface area contributed by atoms with Crippen molar-refractivity contribution in [3.05, 3.63) is 113 Å². The molecule has 0 aromatic heterocycles. The van der Waals surface area contributed by atoms with Crippen LogP contribution in [0.3, 0.4) is 0 Å². The van der Waals surface area contributed by atoms with Crippen molar-refractivity contribution in [1.82, 2.24) is 4.90 Å². The lowest BCUT2D eigenvalue weighted by Gasteiger charge is -2.59. The Hall–Kier alpha value is -4.93. The fourth-order valence-corrected chi connectivity index (χ4v) is 10.3. The van der Waals surface area contributed by atoms with Gasteiger partial charge < -0.3 is 43.6 Å². The monoisotopic (exact) mass is 885 g/mol. The highest BCUT2D eigenvalue weighted by molar-refractivity contribution is 7.99. The summed E-state index contributed by atoms with van der Waals surface area (Å²) >= 11 is 1.73. The van der Waals surface area contributed by atoms with Crippen LogP contribution in [0.4, 0.5) is 10.5 Å². The topological polar surface area (TPSA) is 172 Å². The molecule has 15 heteroatoms. The predicted molar refractivity (Wildman–Crippen MR) is 239 cm³/mol. The minimum Gasteiger partial charge on any atom is -0.493 e. The average molecular weight is 886 g/mol. The van der Waals surface area contributed by atoms with E-state index in [1.165, 1.54) is 34.1 Å². The van der Waals surface area contributed by atoms with Crippen molar-refractivity contribution in [1.29, 1.82) is 0 Å². The normalized spacial score (nSPS) is 25.4. The molecule has 3 aromatic carbocycles. The van der Waals surface area contributed by atoms with Crippen molar-refractivity contribution in [2.75, 3.05) is 45.8 Å². The Morgan fingerprint density at radius 3 is 2.51 bits per heavy atom. The van der Waals surface area contributed by atoms with Gasteiger partial charge in [0.1, 0.15) is 23.3 Å². The van der Waals surface area contributed by atoms with Crippen molar-refractivity contribution in [2.45, 2.75) is 93.1 Å². The summed E-state index contributed by atoms with van der Waals surface area (Å²) in [6.45, 7) is 5.31. The van der Waals surface area contributed by atoms with Crippen LogP contribution in [-0.2, 0) is 14.3 Å². The number of oxime groups is 1. The summed E-state index contributed by atoms with van der Waals surface area (Å²) in [5.74, 6) is 0.0273. The highest BCUT2D eigenvalue weighted by Gasteiger charge is 2.65. The predicted octanol–water partition coefficient (Wildman–Crippen LogP) is 9.06. The summed E-state index contributed by atoms with van der Waals surface area (Å²) in [7, 11) is 1.63. The minimum absolute atomic E-state index is 0.0298. The summed E-state index contributed by atoms with van der Waals surface area (Å²) in [6, 6.07) is 20.6. The van der Waals surface area contributed by atoms with Gasteiger partial charge in [-0.15, -0.1) is 18.3 Å². The molecule has 7 atom stereocenters. The van der Waals surface area contributed by atoms with Crippen LogP contribution in [0.1, 0.15) is 75.7 Å². The van der Waals surface area contributed by atoms with Gasteiger partial charge in [0.2, 0.25) is 12.1 Å². The number of fused-ring (bicyclic) bond motifs is 2. The number of non-ortho nitro benzene ring substituents is 1. The lowest BCUT2D eigenvalue weighted by atomic mass is 9.55. The molecule has 63 heavy (non-hydrogen) atoms. The standard InChI is InChI=1S/C48H59N3O11S/c1-3-26-59-48-43(50(2)47(54)60-35-20-18-34(19-21-35)51(55)56)32-41(49-62-44-17-9-12-27-58-44)39-30-33(13-7-10-24-52)38(16-8-11-25-53)45(46(39)48)40-31-36(22-23-42(40)61-48)57-28-29-63-37-14-5-4-6-15-37/h3-6,14-15,18-23,30-31,33,38,43-46,52-53H,1,7-13,16-17,24-29,32H2,2H3/t33-,38+,43-,44?,45+,46+,48+/m0/s1. The van der Waals surface area contributed by atoms with Gasteiger partial charge in [0, 0.05) is 67.4 Å². The number of ether oxygens (including phenoxy) is 5. The number of hydrogen-bond acceptors (Lipinski definition) is 13. The molecule has 1 unspecified atom stereocenters. The molecule has 2 aliphatic carbocycles. The van der Waals surface area contributed by atoms with Crippen LogP contribution in [0, 0.1) is 27.9 Å². The van der Waals surface area contributed by atoms with E-state index < -0.39 is 35.1 Å². The van der Waals surface area contributed by atoms with Gasteiger partial charge in [-0.1, -0.05) is 48.3 Å². The van der Waals surface area contributed by atoms with Crippen LogP contribution in [0.25, 0.3) is 0 Å². The largest absolute Gasteiger partial charge is 0.493 e. The smallest absolute Gasteiger partial charge is 0.415 e. The molecule has 4 aliphatic rings. The zero-order chi connectivity index (χ0) is 44.2. The van der Waals surface area contributed by atoms with E-state index in [0.29, 0.717) is 49.7 Å². The second-order valence-electron chi connectivity index (χ2n) is 16.4. The number of hydrogen-bond donors (Lipinski definition) is 2. The number of carbonyl (C=O) groups is 1. The zero-order valence-corrected chi connectivity index (χ0v) is 36.7. The van der Waals surface area contributed by atoms with Gasteiger partial charge in [-0.25, -0.2) is 4.79 Å². The van der Waals surface area contributed by atoms with Crippen LogP contribution in [0.2, 0.25) is 0 Å². The number of likely N-dealkylation sites (N-methyl/N-ethyl adjacent to an activating group) is 1. The van der Waals surface area contributed by atoms with Gasteiger partial charge in [-0.3, -0.25) is 10.1 Å². The number of allylic oxidation sites excluding steroid dienone is 1. The van der Waals surface area contributed by atoms with E-state index in [-0.39, 0.29) is 55.4 Å². The highest BCUT2D eigenvalue weighted by atomic mass is 32.2. The molecule has 14 nitrogen and oxygen atoms in total. The molecule has 2 aliphatic heterocycles. The van der Waals surface area contributed by atoms with Crippen LogP contribution >= 0.6 is 11.8 Å². The van der Waals surface area contributed by atoms with E-state index in [0.717, 1.165) is 55.4 Å². The van der Waals surface area contributed by atoms with Crippen molar-refractivity contribution in [3.8, 4) is 17.2 Å². The summed E-state index contributed by atoms with van der Waals surface area (Å²) in [5.41, 5.74) is 2.35. The molecule has 0 spiro atoms. The van der Waals surface area contributed by atoms with Crippen LogP contribution in [0.15, 0.2) is 107 Å². The van der Waals surface area contributed by atoms with Crippen molar-refractivity contribution in [2.24, 2.45) is 22.9 Å². The molecule has 1 saturated carbocycles.